The molecule has 0 saturated carbocycles. The molecule has 1 aromatic heterocycles. The van der Waals surface area contributed by atoms with Crippen LogP contribution in [0.25, 0.3) is 10.6 Å². The standard InChI is InChI=1S/C10H7BrNS/c1-7-6-12-10(13-7)8-3-2-4-9(11)5-8/h2-6H,1H2. The van der Waals surface area contributed by atoms with Crippen molar-refractivity contribution in [1.82, 2.24) is 4.98 Å². The van der Waals surface area contributed by atoms with E-state index in [0.29, 0.717) is 0 Å². The van der Waals surface area contributed by atoms with E-state index in [1.807, 2.05) is 18.2 Å². The number of nitrogens with zero attached hydrogens (tertiary/aromatic N) is 1. The van der Waals surface area contributed by atoms with Gasteiger partial charge in [-0.3, -0.25) is 0 Å². The van der Waals surface area contributed by atoms with Gasteiger partial charge in [-0.15, -0.1) is 11.3 Å². The van der Waals surface area contributed by atoms with Gasteiger partial charge in [0.25, 0.3) is 0 Å². The highest BCUT2D eigenvalue weighted by Crippen LogP contribution is 2.26. The molecule has 1 heterocycles. The molecule has 1 nitrogen and oxygen atoms in total. The lowest BCUT2D eigenvalue weighted by Gasteiger charge is -1.95. The van der Waals surface area contributed by atoms with E-state index in [2.05, 4.69) is 33.9 Å². The SMILES string of the molecule is [CH2]c1cnc(-c2cccc(Br)c2)s1. The number of halogens is 1. The van der Waals surface area contributed by atoms with Gasteiger partial charge in [0, 0.05) is 21.1 Å². The zero-order chi connectivity index (χ0) is 9.26. The summed E-state index contributed by atoms with van der Waals surface area (Å²) in [7, 11) is 0. The minimum absolute atomic E-state index is 0.995. The maximum Gasteiger partial charge on any atom is 0.123 e. The predicted octanol–water partition coefficient (Wildman–Crippen LogP) is 3.75. The molecule has 13 heavy (non-hydrogen) atoms. The highest BCUT2D eigenvalue weighted by molar-refractivity contribution is 9.10. The largest absolute Gasteiger partial charge is 0.244 e. The van der Waals surface area contributed by atoms with Gasteiger partial charge in [0.2, 0.25) is 0 Å². The van der Waals surface area contributed by atoms with Crippen molar-refractivity contribution < 1.29 is 0 Å². The zero-order valence-corrected chi connectivity index (χ0v) is 9.23. The summed E-state index contributed by atoms with van der Waals surface area (Å²) in [4.78, 5) is 5.26. The molecule has 0 unspecified atom stereocenters. The lowest BCUT2D eigenvalue weighted by Crippen LogP contribution is -1.73. The van der Waals surface area contributed by atoms with E-state index in [1.54, 1.807) is 17.5 Å². The second kappa shape index (κ2) is 3.60. The van der Waals surface area contributed by atoms with E-state index in [1.165, 1.54) is 0 Å². The van der Waals surface area contributed by atoms with Crippen LogP contribution in [-0.2, 0) is 0 Å². The molecule has 0 saturated heterocycles. The Morgan fingerprint density at radius 1 is 1.38 bits per heavy atom. The molecule has 0 aliphatic rings. The van der Waals surface area contributed by atoms with Crippen molar-refractivity contribution in [2.45, 2.75) is 0 Å². The molecule has 1 radical (unpaired) electrons. The van der Waals surface area contributed by atoms with Crippen LogP contribution in [-0.4, -0.2) is 4.98 Å². The Hall–Kier alpha value is -0.670. The second-order valence-corrected chi connectivity index (χ2v) is 4.67. The first kappa shape index (κ1) is 8.91. The van der Waals surface area contributed by atoms with Crippen LogP contribution in [0.2, 0.25) is 0 Å². The average molecular weight is 253 g/mol. The van der Waals surface area contributed by atoms with Crippen LogP contribution < -0.4 is 0 Å². The van der Waals surface area contributed by atoms with Gasteiger partial charge in [-0.05, 0) is 19.1 Å². The van der Waals surface area contributed by atoms with Crippen molar-refractivity contribution in [1.29, 1.82) is 0 Å². The van der Waals surface area contributed by atoms with Crippen molar-refractivity contribution in [3.05, 3.63) is 46.7 Å². The molecule has 0 fully saturated rings. The van der Waals surface area contributed by atoms with Crippen LogP contribution in [0.3, 0.4) is 0 Å². The van der Waals surface area contributed by atoms with Gasteiger partial charge in [-0.25, -0.2) is 4.98 Å². The molecular weight excluding hydrogens is 246 g/mol. The van der Waals surface area contributed by atoms with Crippen LogP contribution >= 0.6 is 27.3 Å². The Morgan fingerprint density at radius 3 is 2.85 bits per heavy atom. The third kappa shape index (κ3) is 1.98. The van der Waals surface area contributed by atoms with Crippen molar-refractivity contribution >= 4 is 27.3 Å². The monoisotopic (exact) mass is 252 g/mol. The summed E-state index contributed by atoms with van der Waals surface area (Å²) in [5.74, 6) is 0. The first-order valence-electron chi connectivity index (χ1n) is 3.79. The maximum absolute atomic E-state index is 4.26. The topological polar surface area (TPSA) is 12.9 Å². The first-order chi connectivity index (χ1) is 6.25. The van der Waals surface area contributed by atoms with E-state index in [0.717, 1.165) is 19.9 Å². The van der Waals surface area contributed by atoms with E-state index >= 15 is 0 Å². The predicted molar refractivity (Wildman–Crippen MR) is 59.7 cm³/mol. The average Bonchev–Trinajstić information content (AvgIpc) is 2.52. The van der Waals surface area contributed by atoms with Crippen LogP contribution in [0.5, 0.6) is 0 Å². The molecule has 1 aromatic carbocycles. The molecule has 0 aliphatic carbocycles. The molecule has 0 N–H and O–H groups in total. The van der Waals surface area contributed by atoms with Gasteiger partial charge in [0.15, 0.2) is 0 Å². The number of hydrogen-bond donors (Lipinski definition) is 0. The molecule has 0 aliphatic heterocycles. The van der Waals surface area contributed by atoms with E-state index in [4.69, 9.17) is 0 Å². The van der Waals surface area contributed by atoms with Crippen LogP contribution in [0, 0.1) is 6.92 Å². The van der Waals surface area contributed by atoms with Gasteiger partial charge in [0.05, 0.1) is 0 Å². The number of hydrogen-bond acceptors (Lipinski definition) is 2. The minimum atomic E-state index is 0.995. The van der Waals surface area contributed by atoms with E-state index in [9.17, 15) is 0 Å². The third-order valence-electron chi connectivity index (χ3n) is 1.63. The maximum atomic E-state index is 4.26. The Kier molecular flexibility index (Phi) is 2.47. The summed E-state index contributed by atoms with van der Waals surface area (Å²) in [6, 6.07) is 8.10. The highest BCUT2D eigenvalue weighted by atomic mass is 79.9. The van der Waals surface area contributed by atoms with E-state index in [-0.39, 0.29) is 0 Å². The molecule has 0 amide bonds. The summed E-state index contributed by atoms with van der Waals surface area (Å²) in [5.41, 5.74) is 1.13. The lowest BCUT2D eigenvalue weighted by atomic mass is 10.2. The van der Waals surface area contributed by atoms with Crippen LogP contribution in [0.1, 0.15) is 4.88 Å². The summed E-state index contributed by atoms with van der Waals surface area (Å²) in [6.45, 7) is 3.83. The van der Waals surface area contributed by atoms with Gasteiger partial charge >= 0.3 is 0 Å². The summed E-state index contributed by atoms with van der Waals surface area (Å²) >= 11 is 5.03. The Bertz CT molecular complexity index is 422. The summed E-state index contributed by atoms with van der Waals surface area (Å²) < 4.78 is 1.07. The molecule has 0 atom stereocenters. The van der Waals surface area contributed by atoms with Crippen LogP contribution in [0.4, 0.5) is 0 Å². The fourth-order valence-corrected chi connectivity index (χ4v) is 2.17. The lowest BCUT2D eigenvalue weighted by molar-refractivity contribution is 1.40. The highest BCUT2D eigenvalue weighted by Gasteiger charge is 2.01. The summed E-state index contributed by atoms with van der Waals surface area (Å²) in [6.07, 6.45) is 1.79. The van der Waals surface area contributed by atoms with Crippen molar-refractivity contribution in [3.8, 4) is 10.6 Å². The second-order valence-electron chi connectivity index (χ2n) is 2.64. The normalized spacial score (nSPS) is 10.3. The molecule has 0 bridgehead atoms. The van der Waals surface area contributed by atoms with Gasteiger partial charge < -0.3 is 0 Å². The quantitative estimate of drug-likeness (QED) is 0.754. The van der Waals surface area contributed by atoms with Crippen molar-refractivity contribution in [2.24, 2.45) is 0 Å². The van der Waals surface area contributed by atoms with Crippen LogP contribution in [0.15, 0.2) is 34.9 Å². The minimum Gasteiger partial charge on any atom is -0.244 e. The Morgan fingerprint density at radius 2 is 2.23 bits per heavy atom. The molecular formula is C10H7BrNS. The third-order valence-corrected chi connectivity index (χ3v) is 3.02. The first-order valence-corrected chi connectivity index (χ1v) is 5.40. The van der Waals surface area contributed by atoms with Gasteiger partial charge in [-0.2, -0.15) is 0 Å². The Balaban J connectivity index is 2.46. The molecule has 0 spiro atoms. The van der Waals surface area contributed by atoms with Crippen molar-refractivity contribution in [3.63, 3.8) is 0 Å². The fourth-order valence-electron chi connectivity index (χ4n) is 1.06. The molecule has 65 valence electrons. The molecule has 3 heteroatoms. The molecule has 2 rings (SSSR count). The Labute approximate surface area is 89.6 Å². The van der Waals surface area contributed by atoms with Gasteiger partial charge in [-0.1, -0.05) is 28.1 Å². The zero-order valence-electron chi connectivity index (χ0n) is 6.83. The summed E-state index contributed by atoms with van der Waals surface area (Å²) in [5, 5.41) is 1.02. The number of benzene rings is 1. The van der Waals surface area contributed by atoms with Gasteiger partial charge in [0.1, 0.15) is 5.01 Å². The van der Waals surface area contributed by atoms with Crippen molar-refractivity contribution in [2.75, 3.05) is 0 Å². The number of thiazole rings is 1. The number of aromatic nitrogens is 1. The smallest absolute Gasteiger partial charge is 0.123 e. The molecule has 2 aromatic rings. The fraction of sp³-hybridized carbons (Fsp3) is 0. The van der Waals surface area contributed by atoms with E-state index < -0.39 is 0 Å². The number of rotatable bonds is 1.